The Morgan fingerprint density at radius 2 is 1.96 bits per heavy atom. The Morgan fingerprint density at radius 1 is 1.19 bits per heavy atom. The fraction of sp³-hybridized carbons (Fsp3) is 0.647. The van der Waals surface area contributed by atoms with Gasteiger partial charge in [0, 0.05) is 13.3 Å². The summed E-state index contributed by atoms with van der Waals surface area (Å²) in [6, 6.07) is 0. The largest absolute Gasteiger partial charge is 0.379 e. The fourth-order valence-electron chi connectivity index (χ4n) is 2.23. The molecule has 0 aliphatic heterocycles. The number of hydrogen-bond acceptors (Lipinski definition) is 7. The van der Waals surface area contributed by atoms with E-state index < -0.39 is 6.29 Å². The molecule has 0 aliphatic rings. The van der Waals surface area contributed by atoms with Crippen LogP contribution in [-0.4, -0.2) is 50.5 Å². The normalized spacial score (nSPS) is 12.9. The number of imidazole rings is 1. The van der Waals surface area contributed by atoms with Crippen LogP contribution in [0.4, 0.5) is 5.95 Å². The van der Waals surface area contributed by atoms with E-state index in [1.807, 2.05) is 27.7 Å². The minimum absolute atomic E-state index is 0.0345. The molecule has 0 saturated carbocycles. The number of anilines is 1. The van der Waals surface area contributed by atoms with Gasteiger partial charge in [-0.1, -0.05) is 0 Å². The molecule has 0 spiro atoms. The summed E-state index contributed by atoms with van der Waals surface area (Å²) >= 11 is 0. The maximum absolute atomic E-state index is 11.2. The number of ether oxygens (including phenoxy) is 3. The zero-order valence-corrected chi connectivity index (χ0v) is 15.9. The van der Waals surface area contributed by atoms with Crippen molar-refractivity contribution >= 4 is 23.0 Å². The molecular weight excluding hydrogens is 338 g/mol. The van der Waals surface area contributed by atoms with E-state index in [0.717, 1.165) is 0 Å². The smallest absolute Gasteiger partial charge is 0.231 e. The molecule has 1 N–H and O–H groups in total. The third-order valence-electron chi connectivity index (χ3n) is 3.27. The maximum Gasteiger partial charge on any atom is 0.231 e. The highest BCUT2D eigenvalue weighted by Gasteiger charge is 2.14. The summed E-state index contributed by atoms with van der Waals surface area (Å²) in [5, 5.41) is 2.56. The van der Waals surface area contributed by atoms with E-state index in [2.05, 4.69) is 20.3 Å². The van der Waals surface area contributed by atoms with Crippen molar-refractivity contribution in [3.8, 4) is 0 Å². The highest BCUT2D eigenvalue weighted by atomic mass is 16.7. The molecular formula is C17H27N5O4. The van der Waals surface area contributed by atoms with Gasteiger partial charge in [-0.05, 0) is 27.7 Å². The van der Waals surface area contributed by atoms with Gasteiger partial charge >= 0.3 is 0 Å². The monoisotopic (exact) mass is 365 g/mol. The van der Waals surface area contributed by atoms with Crippen LogP contribution >= 0.6 is 0 Å². The predicted molar refractivity (Wildman–Crippen MR) is 96.4 cm³/mol. The molecule has 26 heavy (non-hydrogen) atoms. The van der Waals surface area contributed by atoms with Crippen molar-refractivity contribution in [2.75, 3.05) is 11.9 Å². The Labute approximate surface area is 153 Å². The second kappa shape index (κ2) is 9.56. The van der Waals surface area contributed by atoms with Gasteiger partial charge < -0.3 is 14.2 Å². The van der Waals surface area contributed by atoms with Crippen LogP contribution < -0.4 is 5.32 Å². The number of hydrogen-bond donors (Lipinski definition) is 1. The average molecular weight is 365 g/mol. The first kappa shape index (κ1) is 20.2. The van der Waals surface area contributed by atoms with Gasteiger partial charge in [-0.2, -0.15) is 4.98 Å². The van der Waals surface area contributed by atoms with Crippen molar-refractivity contribution in [1.82, 2.24) is 19.5 Å². The number of carbonyl (C=O) groups is 1. The lowest BCUT2D eigenvalue weighted by Gasteiger charge is -2.21. The first-order valence-corrected chi connectivity index (χ1v) is 8.69. The topological polar surface area (TPSA) is 100 Å². The molecule has 0 bridgehead atoms. The summed E-state index contributed by atoms with van der Waals surface area (Å²) in [5.74, 6) is -0.00530. The summed E-state index contributed by atoms with van der Waals surface area (Å²) in [5.41, 5.74) is 1.19. The van der Waals surface area contributed by atoms with Crippen molar-refractivity contribution in [2.45, 2.75) is 66.3 Å². The summed E-state index contributed by atoms with van der Waals surface area (Å²) in [6.45, 7) is 10.1. The van der Waals surface area contributed by atoms with Crippen molar-refractivity contribution in [3.63, 3.8) is 0 Å². The molecule has 2 rings (SSSR count). The van der Waals surface area contributed by atoms with Gasteiger partial charge in [0.1, 0.15) is 12.2 Å². The standard InChI is InChI=1S/C17H27N5O4/c1-11(2)24-7-6-15(26-12(3)4)25-10-22-9-19-14-8-18-17(20-13(5)23)21-16(14)22/h8-9,11-12,15H,6-7,10H2,1-5H3,(H,18,20,21,23). The quantitative estimate of drug-likeness (QED) is 0.645. The van der Waals surface area contributed by atoms with E-state index >= 15 is 0 Å². The van der Waals surface area contributed by atoms with E-state index in [4.69, 9.17) is 14.2 Å². The Kier molecular flexibility index (Phi) is 7.43. The zero-order chi connectivity index (χ0) is 19.1. The molecule has 0 saturated heterocycles. The molecule has 144 valence electrons. The van der Waals surface area contributed by atoms with Crippen molar-refractivity contribution in [2.24, 2.45) is 0 Å². The van der Waals surface area contributed by atoms with E-state index in [0.29, 0.717) is 24.2 Å². The van der Waals surface area contributed by atoms with Crippen molar-refractivity contribution in [1.29, 1.82) is 0 Å². The number of nitrogens with one attached hydrogen (secondary N) is 1. The summed E-state index contributed by atoms with van der Waals surface area (Å²) in [6.07, 6.45) is 3.59. The number of rotatable bonds is 10. The number of carbonyl (C=O) groups excluding carboxylic acids is 1. The number of aromatic nitrogens is 4. The lowest BCUT2D eigenvalue weighted by Crippen LogP contribution is -2.25. The van der Waals surface area contributed by atoms with Crippen molar-refractivity contribution < 1.29 is 19.0 Å². The van der Waals surface area contributed by atoms with E-state index in [1.54, 1.807) is 17.1 Å². The molecule has 0 fully saturated rings. The molecule has 0 aromatic carbocycles. The average Bonchev–Trinajstić information content (AvgIpc) is 2.93. The molecule has 1 atom stereocenters. The lowest BCUT2D eigenvalue weighted by atomic mass is 10.4. The molecule has 0 aliphatic carbocycles. The number of amides is 1. The van der Waals surface area contributed by atoms with Crippen LogP contribution in [0.3, 0.4) is 0 Å². The molecule has 9 heteroatoms. The second-order valence-electron chi connectivity index (χ2n) is 6.42. The minimum Gasteiger partial charge on any atom is -0.379 e. The summed E-state index contributed by atoms with van der Waals surface area (Å²) < 4.78 is 19.0. The molecule has 9 nitrogen and oxygen atoms in total. The van der Waals surface area contributed by atoms with Crippen LogP contribution in [0, 0.1) is 0 Å². The van der Waals surface area contributed by atoms with E-state index in [1.165, 1.54) is 6.92 Å². The van der Waals surface area contributed by atoms with Crippen LogP contribution in [0.5, 0.6) is 0 Å². The van der Waals surface area contributed by atoms with Crippen LogP contribution in [0.25, 0.3) is 11.2 Å². The number of fused-ring (bicyclic) bond motifs is 1. The van der Waals surface area contributed by atoms with E-state index in [-0.39, 0.29) is 30.8 Å². The second-order valence-corrected chi connectivity index (χ2v) is 6.42. The Hall–Kier alpha value is -2.10. The van der Waals surface area contributed by atoms with Crippen molar-refractivity contribution in [3.05, 3.63) is 12.5 Å². The van der Waals surface area contributed by atoms with Crippen LogP contribution in [-0.2, 0) is 25.7 Å². The SMILES string of the molecule is CC(=O)Nc1ncc2ncn(COC(CCOC(C)C)OC(C)C)c2n1. The third-order valence-corrected chi connectivity index (χ3v) is 3.27. The van der Waals surface area contributed by atoms with Gasteiger partial charge in [0.05, 0.1) is 31.3 Å². The number of nitrogens with zero attached hydrogens (tertiary/aromatic N) is 4. The first-order chi connectivity index (χ1) is 12.3. The highest BCUT2D eigenvalue weighted by molar-refractivity contribution is 5.87. The Bertz CT molecular complexity index is 716. The Morgan fingerprint density at radius 3 is 2.62 bits per heavy atom. The van der Waals surface area contributed by atoms with Gasteiger partial charge in [-0.25, -0.2) is 9.97 Å². The van der Waals surface area contributed by atoms with Gasteiger partial charge in [0.2, 0.25) is 11.9 Å². The van der Waals surface area contributed by atoms with Crippen LogP contribution in [0.1, 0.15) is 41.0 Å². The molecule has 1 amide bonds. The molecule has 2 aromatic heterocycles. The van der Waals surface area contributed by atoms with Gasteiger partial charge in [0.25, 0.3) is 0 Å². The zero-order valence-electron chi connectivity index (χ0n) is 15.9. The maximum atomic E-state index is 11.2. The molecule has 2 heterocycles. The predicted octanol–water partition coefficient (Wildman–Crippen LogP) is 2.33. The Balaban J connectivity index is 2.03. The summed E-state index contributed by atoms with van der Waals surface area (Å²) in [4.78, 5) is 23.8. The lowest BCUT2D eigenvalue weighted by molar-refractivity contribution is -0.189. The summed E-state index contributed by atoms with van der Waals surface area (Å²) in [7, 11) is 0. The van der Waals surface area contributed by atoms with Crippen LogP contribution in [0.2, 0.25) is 0 Å². The molecule has 2 aromatic rings. The third kappa shape index (κ3) is 6.32. The van der Waals surface area contributed by atoms with Gasteiger partial charge in [-0.15, -0.1) is 0 Å². The highest BCUT2D eigenvalue weighted by Crippen LogP contribution is 2.13. The van der Waals surface area contributed by atoms with Gasteiger partial charge in [-0.3, -0.25) is 14.7 Å². The fourth-order valence-corrected chi connectivity index (χ4v) is 2.23. The molecule has 0 radical (unpaired) electrons. The van der Waals surface area contributed by atoms with Crippen LogP contribution in [0.15, 0.2) is 12.5 Å². The molecule has 1 unspecified atom stereocenters. The van der Waals surface area contributed by atoms with Gasteiger partial charge in [0.15, 0.2) is 11.9 Å². The first-order valence-electron chi connectivity index (χ1n) is 8.69. The minimum atomic E-state index is -0.400. The van der Waals surface area contributed by atoms with E-state index in [9.17, 15) is 4.79 Å².